The van der Waals surface area contributed by atoms with Crippen molar-refractivity contribution in [1.29, 1.82) is 0 Å². The first kappa shape index (κ1) is 18.0. The first-order chi connectivity index (χ1) is 13.5. The molecule has 0 bridgehead atoms. The fraction of sp³-hybridized carbons (Fsp3) is 0.100. The fourth-order valence-corrected chi connectivity index (χ4v) is 3.89. The van der Waals surface area contributed by atoms with Gasteiger partial charge in [-0.2, -0.15) is 13.4 Å². The maximum atomic E-state index is 13.1. The molecule has 0 radical (unpaired) electrons. The first-order valence-electron chi connectivity index (χ1n) is 8.65. The summed E-state index contributed by atoms with van der Waals surface area (Å²) in [7, 11) is -3.91. The van der Waals surface area contributed by atoms with Crippen LogP contribution in [-0.2, 0) is 16.6 Å². The van der Waals surface area contributed by atoms with E-state index in [1.165, 1.54) is 12.1 Å². The van der Waals surface area contributed by atoms with Crippen LogP contribution >= 0.6 is 0 Å². The second-order valence-corrected chi connectivity index (χ2v) is 7.99. The van der Waals surface area contributed by atoms with E-state index in [0.29, 0.717) is 11.6 Å². The van der Waals surface area contributed by atoms with E-state index >= 15 is 0 Å². The molecule has 0 amide bonds. The van der Waals surface area contributed by atoms with Crippen LogP contribution in [0, 0.1) is 6.92 Å². The Morgan fingerprint density at radius 1 is 1.00 bits per heavy atom. The molecule has 0 saturated heterocycles. The minimum atomic E-state index is -3.91. The van der Waals surface area contributed by atoms with Crippen molar-refractivity contribution < 1.29 is 12.8 Å². The van der Waals surface area contributed by atoms with Crippen LogP contribution in [0.25, 0.3) is 11.4 Å². The molecule has 2 heterocycles. The van der Waals surface area contributed by atoms with Gasteiger partial charge in [0.15, 0.2) is 5.82 Å². The average Bonchev–Trinajstić information content (AvgIpc) is 3.38. The molecular formula is C20H18N4O3S. The molecule has 8 heteroatoms. The van der Waals surface area contributed by atoms with Crippen molar-refractivity contribution in [3.05, 3.63) is 84.3 Å². The molecule has 1 N–H and O–H groups in total. The second kappa shape index (κ2) is 7.32. The normalized spacial score (nSPS) is 11.5. The molecule has 4 aromatic rings. The van der Waals surface area contributed by atoms with E-state index in [-0.39, 0.29) is 17.4 Å². The van der Waals surface area contributed by atoms with Gasteiger partial charge in [0.05, 0.1) is 17.7 Å². The van der Waals surface area contributed by atoms with Gasteiger partial charge in [-0.1, -0.05) is 48.0 Å². The van der Waals surface area contributed by atoms with Gasteiger partial charge >= 0.3 is 0 Å². The average molecular weight is 394 g/mol. The van der Waals surface area contributed by atoms with E-state index in [4.69, 9.17) is 4.42 Å². The molecule has 2 aromatic carbocycles. The quantitative estimate of drug-likeness (QED) is 0.536. The third-order valence-corrected chi connectivity index (χ3v) is 5.74. The molecule has 0 fully saturated rings. The number of nitrogens with one attached hydrogen (secondary N) is 1. The van der Waals surface area contributed by atoms with Crippen LogP contribution in [-0.4, -0.2) is 22.6 Å². The molecule has 0 saturated carbocycles. The Kier molecular flexibility index (Phi) is 4.70. The number of hydrogen-bond acceptors (Lipinski definition) is 6. The lowest BCUT2D eigenvalue weighted by Crippen LogP contribution is -2.18. The molecule has 0 spiro atoms. The SMILES string of the molecule is Cc1ccc(-c2nc(NCc3ccco3)n(S(=O)(=O)c3ccccc3)n2)cc1. The third-order valence-electron chi connectivity index (χ3n) is 4.16. The molecule has 0 aliphatic carbocycles. The monoisotopic (exact) mass is 394 g/mol. The van der Waals surface area contributed by atoms with E-state index in [0.717, 1.165) is 15.2 Å². The first-order valence-corrected chi connectivity index (χ1v) is 10.1. The Balaban J connectivity index is 1.77. The lowest BCUT2D eigenvalue weighted by atomic mass is 10.1. The highest BCUT2D eigenvalue weighted by atomic mass is 32.2. The van der Waals surface area contributed by atoms with Gasteiger partial charge in [0.2, 0.25) is 5.95 Å². The van der Waals surface area contributed by atoms with E-state index in [1.54, 1.807) is 36.6 Å². The van der Waals surface area contributed by atoms with Gasteiger partial charge in [-0.05, 0) is 31.2 Å². The zero-order chi connectivity index (χ0) is 19.6. The summed E-state index contributed by atoms with van der Waals surface area (Å²) in [5, 5.41) is 7.29. The predicted molar refractivity (Wildman–Crippen MR) is 105 cm³/mol. The van der Waals surface area contributed by atoms with Gasteiger partial charge < -0.3 is 9.73 Å². The van der Waals surface area contributed by atoms with Crippen LogP contribution in [0.4, 0.5) is 5.95 Å². The lowest BCUT2D eigenvalue weighted by molar-refractivity contribution is 0.517. The summed E-state index contributed by atoms with van der Waals surface area (Å²) in [5.74, 6) is 1.10. The van der Waals surface area contributed by atoms with Crippen LogP contribution in [0.3, 0.4) is 0 Å². The van der Waals surface area contributed by atoms with Gasteiger partial charge in [0.25, 0.3) is 10.0 Å². The molecule has 0 unspecified atom stereocenters. The highest BCUT2D eigenvalue weighted by molar-refractivity contribution is 7.90. The third kappa shape index (κ3) is 3.54. The number of nitrogens with zero attached hydrogens (tertiary/aromatic N) is 3. The summed E-state index contributed by atoms with van der Waals surface area (Å²) in [6, 6.07) is 19.3. The Morgan fingerprint density at radius 3 is 2.43 bits per heavy atom. The minimum absolute atomic E-state index is 0.121. The van der Waals surface area contributed by atoms with Crippen molar-refractivity contribution in [2.75, 3.05) is 5.32 Å². The Labute approximate surface area is 162 Å². The lowest BCUT2D eigenvalue weighted by Gasteiger charge is -2.08. The van der Waals surface area contributed by atoms with Gasteiger partial charge in [0, 0.05) is 5.56 Å². The maximum absolute atomic E-state index is 13.1. The number of aryl methyl sites for hydroxylation is 1. The van der Waals surface area contributed by atoms with Crippen molar-refractivity contribution >= 4 is 16.0 Å². The Morgan fingerprint density at radius 2 is 1.75 bits per heavy atom. The maximum Gasteiger partial charge on any atom is 0.286 e. The molecule has 0 aliphatic heterocycles. The summed E-state index contributed by atoms with van der Waals surface area (Å²) in [6.07, 6.45) is 1.56. The van der Waals surface area contributed by atoms with Crippen LogP contribution in [0.5, 0.6) is 0 Å². The van der Waals surface area contributed by atoms with Gasteiger partial charge in [-0.15, -0.1) is 9.19 Å². The summed E-state index contributed by atoms with van der Waals surface area (Å²) in [4.78, 5) is 4.56. The van der Waals surface area contributed by atoms with Crippen LogP contribution in [0.1, 0.15) is 11.3 Å². The number of furan rings is 1. The summed E-state index contributed by atoms with van der Waals surface area (Å²) < 4.78 is 32.5. The minimum Gasteiger partial charge on any atom is -0.467 e. The van der Waals surface area contributed by atoms with E-state index < -0.39 is 10.0 Å². The van der Waals surface area contributed by atoms with Crippen molar-refractivity contribution in [3.63, 3.8) is 0 Å². The molecule has 2 aromatic heterocycles. The summed E-state index contributed by atoms with van der Waals surface area (Å²) in [5.41, 5.74) is 1.82. The predicted octanol–water partition coefficient (Wildman–Crippen LogP) is 3.70. The van der Waals surface area contributed by atoms with Gasteiger partial charge in [-0.25, -0.2) is 0 Å². The molecule has 7 nitrogen and oxygen atoms in total. The number of benzene rings is 2. The van der Waals surface area contributed by atoms with Crippen molar-refractivity contribution in [1.82, 2.24) is 14.2 Å². The highest BCUT2D eigenvalue weighted by Crippen LogP contribution is 2.23. The molecule has 4 rings (SSSR count). The highest BCUT2D eigenvalue weighted by Gasteiger charge is 2.24. The molecule has 0 atom stereocenters. The number of hydrogen-bond donors (Lipinski definition) is 1. The zero-order valence-electron chi connectivity index (χ0n) is 15.1. The number of aromatic nitrogens is 3. The molecular weight excluding hydrogens is 376 g/mol. The van der Waals surface area contributed by atoms with Crippen molar-refractivity contribution in [2.45, 2.75) is 18.4 Å². The number of rotatable bonds is 6. The van der Waals surface area contributed by atoms with E-state index in [9.17, 15) is 8.42 Å². The number of anilines is 1. The molecule has 0 aliphatic rings. The van der Waals surface area contributed by atoms with E-state index in [2.05, 4.69) is 15.4 Å². The summed E-state index contributed by atoms with van der Waals surface area (Å²) >= 11 is 0. The Hall–Kier alpha value is -3.39. The van der Waals surface area contributed by atoms with Crippen LogP contribution < -0.4 is 5.32 Å². The Bertz CT molecular complexity index is 1170. The fourth-order valence-electron chi connectivity index (χ4n) is 2.67. The van der Waals surface area contributed by atoms with E-state index in [1.807, 2.05) is 31.2 Å². The molecule has 142 valence electrons. The summed E-state index contributed by atoms with van der Waals surface area (Å²) in [6.45, 7) is 2.26. The van der Waals surface area contributed by atoms with Crippen LogP contribution in [0.2, 0.25) is 0 Å². The smallest absolute Gasteiger partial charge is 0.286 e. The van der Waals surface area contributed by atoms with Crippen molar-refractivity contribution in [2.24, 2.45) is 0 Å². The van der Waals surface area contributed by atoms with Crippen LogP contribution in [0.15, 0.2) is 82.3 Å². The van der Waals surface area contributed by atoms with Crippen molar-refractivity contribution in [3.8, 4) is 11.4 Å². The second-order valence-electron chi connectivity index (χ2n) is 6.22. The topological polar surface area (TPSA) is 90.0 Å². The molecule has 28 heavy (non-hydrogen) atoms. The van der Waals surface area contributed by atoms with Gasteiger partial charge in [-0.3, -0.25) is 0 Å². The largest absolute Gasteiger partial charge is 0.467 e. The van der Waals surface area contributed by atoms with Gasteiger partial charge in [0.1, 0.15) is 5.76 Å². The zero-order valence-corrected chi connectivity index (χ0v) is 15.9. The standard InChI is InChI=1S/C20H18N4O3S/c1-15-9-11-16(12-10-15)19-22-20(21-14-17-6-5-13-27-17)24(23-19)28(25,26)18-7-3-2-4-8-18/h2-13H,14H2,1H3,(H,21,22,23).